The Kier molecular flexibility index (Phi) is 8.49. The number of hydrogen-bond donors (Lipinski definition) is 1. The standard InChI is InChI=1S/C29H33N3O2/c1-31-17-19-32(20-18-31)22-28(26-12-6-3-7-13-26)30-29(33)16-15-24-11-8-14-27(21-24)34-23-25-9-4-2-5-10-25/h2-16,21,28H,17-20,22-23H2,1H3,(H,30,33)/b16-15+. The average Bonchev–Trinajstić information content (AvgIpc) is 2.88. The summed E-state index contributed by atoms with van der Waals surface area (Å²) in [4.78, 5) is 17.6. The van der Waals surface area contributed by atoms with Crippen LogP contribution in [0.3, 0.4) is 0 Å². The molecule has 0 aromatic heterocycles. The molecule has 1 aliphatic rings. The van der Waals surface area contributed by atoms with Crippen molar-refractivity contribution in [1.82, 2.24) is 15.1 Å². The first-order valence-corrected chi connectivity index (χ1v) is 11.9. The van der Waals surface area contributed by atoms with E-state index in [0.717, 1.165) is 55.2 Å². The van der Waals surface area contributed by atoms with Crippen LogP contribution in [-0.4, -0.2) is 55.5 Å². The maximum absolute atomic E-state index is 12.8. The Labute approximate surface area is 202 Å². The van der Waals surface area contributed by atoms with Crippen LogP contribution in [0, 0.1) is 0 Å². The van der Waals surface area contributed by atoms with E-state index in [2.05, 4.69) is 34.3 Å². The zero-order chi connectivity index (χ0) is 23.6. The zero-order valence-electron chi connectivity index (χ0n) is 19.8. The lowest BCUT2D eigenvalue weighted by Gasteiger charge is -2.34. The number of amides is 1. The first-order valence-electron chi connectivity index (χ1n) is 11.9. The van der Waals surface area contributed by atoms with Crippen molar-refractivity contribution >= 4 is 12.0 Å². The fourth-order valence-corrected chi connectivity index (χ4v) is 4.05. The number of nitrogens with one attached hydrogen (secondary N) is 1. The van der Waals surface area contributed by atoms with Crippen molar-refractivity contribution < 1.29 is 9.53 Å². The third kappa shape index (κ3) is 7.30. The molecule has 0 aliphatic carbocycles. The van der Waals surface area contributed by atoms with Crippen molar-refractivity contribution in [3.63, 3.8) is 0 Å². The molecule has 0 saturated carbocycles. The van der Waals surface area contributed by atoms with E-state index in [4.69, 9.17) is 4.74 Å². The Morgan fingerprint density at radius 1 is 0.941 bits per heavy atom. The van der Waals surface area contributed by atoms with E-state index in [1.165, 1.54) is 0 Å². The molecule has 34 heavy (non-hydrogen) atoms. The molecular weight excluding hydrogens is 422 g/mol. The molecule has 1 amide bonds. The van der Waals surface area contributed by atoms with Gasteiger partial charge in [0.15, 0.2) is 0 Å². The molecule has 0 radical (unpaired) electrons. The second-order valence-electron chi connectivity index (χ2n) is 8.76. The highest BCUT2D eigenvalue weighted by Gasteiger charge is 2.20. The van der Waals surface area contributed by atoms with Gasteiger partial charge in [0.2, 0.25) is 5.91 Å². The number of rotatable bonds is 9. The average molecular weight is 456 g/mol. The van der Waals surface area contributed by atoms with Crippen LogP contribution in [0.25, 0.3) is 6.08 Å². The normalized spacial score (nSPS) is 15.8. The lowest BCUT2D eigenvalue weighted by Crippen LogP contribution is -2.47. The van der Waals surface area contributed by atoms with Crippen molar-refractivity contribution in [3.8, 4) is 5.75 Å². The number of benzene rings is 3. The Hall–Kier alpha value is -3.41. The third-order valence-electron chi connectivity index (χ3n) is 6.09. The summed E-state index contributed by atoms with van der Waals surface area (Å²) in [5.41, 5.74) is 3.17. The van der Waals surface area contributed by atoms with Crippen LogP contribution < -0.4 is 10.1 Å². The van der Waals surface area contributed by atoms with Gasteiger partial charge in [-0.3, -0.25) is 9.69 Å². The van der Waals surface area contributed by atoms with Gasteiger partial charge in [0, 0.05) is 38.8 Å². The number of carbonyl (C=O) groups excluding carboxylic acids is 1. The number of nitrogens with zero attached hydrogens (tertiary/aromatic N) is 2. The SMILES string of the molecule is CN1CCN(CC(NC(=O)/C=C/c2cccc(OCc3ccccc3)c2)c2ccccc2)CC1. The fourth-order valence-electron chi connectivity index (χ4n) is 4.05. The minimum atomic E-state index is -0.0985. The first-order chi connectivity index (χ1) is 16.7. The summed E-state index contributed by atoms with van der Waals surface area (Å²) in [5.74, 6) is 0.683. The Balaban J connectivity index is 1.36. The van der Waals surface area contributed by atoms with E-state index in [0.29, 0.717) is 6.61 Å². The molecule has 1 saturated heterocycles. The molecule has 3 aromatic rings. The zero-order valence-corrected chi connectivity index (χ0v) is 19.8. The van der Waals surface area contributed by atoms with Crippen molar-refractivity contribution in [2.24, 2.45) is 0 Å². The molecular formula is C29H33N3O2. The van der Waals surface area contributed by atoms with Crippen molar-refractivity contribution in [2.45, 2.75) is 12.6 Å². The largest absolute Gasteiger partial charge is 0.489 e. The second-order valence-corrected chi connectivity index (χ2v) is 8.76. The fraction of sp³-hybridized carbons (Fsp3) is 0.276. The van der Waals surface area contributed by atoms with Gasteiger partial charge in [0.1, 0.15) is 12.4 Å². The van der Waals surface area contributed by atoms with Crippen LogP contribution in [0.15, 0.2) is 91.0 Å². The molecule has 5 heteroatoms. The van der Waals surface area contributed by atoms with Gasteiger partial charge in [-0.25, -0.2) is 0 Å². The van der Waals surface area contributed by atoms with E-state index in [-0.39, 0.29) is 11.9 Å². The van der Waals surface area contributed by atoms with Crippen LogP contribution in [0.4, 0.5) is 0 Å². The predicted molar refractivity (Wildman–Crippen MR) is 138 cm³/mol. The van der Waals surface area contributed by atoms with E-state index in [9.17, 15) is 4.79 Å². The van der Waals surface area contributed by atoms with Gasteiger partial charge in [-0.15, -0.1) is 0 Å². The van der Waals surface area contributed by atoms with E-state index >= 15 is 0 Å². The first kappa shape index (κ1) is 23.7. The lowest BCUT2D eigenvalue weighted by molar-refractivity contribution is -0.117. The number of piperazine rings is 1. The van der Waals surface area contributed by atoms with Gasteiger partial charge in [-0.2, -0.15) is 0 Å². The van der Waals surface area contributed by atoms with Crippen molar-refractivity contribution in [1.29, 1.82) is 0 Å². The molecule has 0 spiro atoms. The monoisotopic (exact) mass is 455 g/mol. The van der Waals surface area contributed by atoms with Gasteiger partial charge < -0.3 is 15.0 Å². The van der Waals surface area contributed by atoms with Gasteiger partial charge in [-0.05, 0) is 41.9 Å². The molecule has 1 atom stereocenters. The maximum atomic E-state index is 12.8. The molecule has 1 fully saturated rings. The molecule has 1 N–H and O–H groups in total. The Bertz CT molecular complexity index is 1060. The van der Waals surface area contributed by atoms with Crippen LogP contribution in [0.5, 0.6) is 5.75 Å². The third-order valence-corrected chi connectivity index (χ3v) is 6.09. The smallest absolute Gasteiger partial charge is 0.244 e. The summed E-state index contributed by atoms with van der Waals surface area (Å²) in [6, 6.07) is 28.0. The van der Waals surface area contributed by atoms with Crippen LogP contribution in [-0.2, 0) is 11.4 Å². The second kappa shape index (κ2) is 12.2. The van der Waals surface area contributed by atoms with Crippen molar-refractivity contribution in [3.05, 3.63) is 108 Å². The molecule has 0 bridgehead atoms. The summed E-state index contributed by atoms with van der Waals surface area (Å²) in [6.07, 6.45) is 3.44. The highest BCUT2D eigenvalue weighted by molar-refractivity contribution is 5.92. The summed E-state index contributed by atoms with van der Waals surface area (Å²) in [5, 5.41) is 3.21. The number of hydrogen-bond acceptors (Lipinski definition) is 4. The molecule has 3 aromatic carbocycles. The Morgan fingerprint density at radius 2 is 1.65 bits per heavy atom. The molecule has 1 heterocycles. The molecule has 1 aliphatic heterocycles. The van der Waals surface area contributed by atoms with Gasteiger partial charge in [0.05, 0.1) is 6.04 Å². The highest BCUT2D eigenvalue weighted by atomic mass is 16.5. The predicted octanol–water partition coefficient (Wildman–Crippen LogP) is 4.38. The maximum Gasteiger partial charge on any atom is 0.244 e. The number of carbonyl (C=O) groups is 1. The summed E-state index contributed by atoms with van der Waals surface area (Å²) < 4.78 is 5.91. The van der Waals surface area contributed by atoms with Crippen LogP contribution in [0.1, 0.15) is 22.7 Å². The highest BCUT2D eigenvalue weighted by Crippen LogP contribution is 2.18. The lowest BCUT2D eigenvalue weighted by atomic mass is 10.1. The van der Waals surface area contributed by atoms with E-state index in [1.807, 2.05) is 78.9 Å². The van der Waals surface area contributed by atoms with Gasteiger partial charge in [-0.1, -0.05) is 72.8 Å². The van der Waals surface area contributed by atoms with Gasteiger partial charge in [0.25, 0.3) is 0 Å². The summed E-state index contributed by atoms with van der Waals surface area (Å²) in [7, 11) is 2.15. The minimum absolute atomic E-state index is 0.0534. The van der Waals surface area contributed by atoms with Crippen molar-refractivity contribution in [2.75, 3.05) is 39.8 Å². The van der Waals surface area contributed by atoms with Crippen LogP contribution >= 0.6 is 0 Å². The quantitative estimate of drug-likeness (QED) is 0.486. The molecule has 176 valence electrons. The molecule has 5 nitrogen and oxygen atoms in total. The topological polar surface area (TPSA) is 44.8 Å². The summed E-state index contributed by atoms with van der Waals surface area (Å²) >= 11 is 0. The van der Waals surface area contributed by atoms with E-state index < -0.39 is 0 Å². The van der Waals surface area contributed by atoms with E-state index in [1.54, 1.807) is 6.08 Å². The number of ether oxygens (including phenoxy) is 1. The summed E-state index contributed by atoms with van der Waals surface area (Å²) in [6.45, 7) is 5.46. The van der Waals surface area contributed by atoms with Gasteiger partial charge >= 0.3 is 0 Å². The molecule has 1 unspecified atom stereocenters. The number of likely N-dealkylation sites (N-methyl/N-ethyl adjacent to an activating group) is 1. The Morgan fingerprint density at radius 3 is 2.38 bits per heavy atom. The minimum Gasteiger partial charge on any atom is -0.489 e. The molecule has 4 rings (SSSR count). The van der Waals surface area contributed by atoms with Crippen LogP contribution in [0.2, 0.25) is 0 Å².